The quantitative estimate of drug-likeness (QED) is 0.497. The number of ether oxygens (including phenoxy) is 3. The van der Waals surface area contributed by atoms with Crippen molar-refractivity contribution in [1.82, 2.24) is 0 Å². The van der Waals surface area contributed by atoms with E-state index in [1.807, 2.05) is 0 Å². The molecule has 0 atom stereocenters. The Bertz CT molecular complexity index is 127. The second kappa shape index (κ2) is 9.01. The predicted octanol–water partition coefficient (Wildman–Crippen LogP) is 2.24. The fourth-order valence-electron chi connectivity index (χ4n) is 0.628. The van der Waals surface area contributed by atoms with E-state index in [0.717, 1.165) is 0 Å². The van der Waals surface area contributed by atoms with Gasteiger partial charge in [-0.25, -0.2) is 0 Å². The van der Waals surface area contributed by atoms with Gasteiger partial charge in [-0.15, -0.1) is 0 Å². The second-order valence-corrected chi connectivity index (χ2v) is 4.91. The number of halogens is 3. The van der Waals surface area contributed by atoms with Crippen molar-refractivity contribution in [1.29, 1.82) is 0 Å². The fourth-order valence-corrected chi connectivity index (χ4v) is 0.859. The number of hydrogen-bond acceptors (Lipinski definition) is 3. The van der Waals surface area contributed by atoms with E-state index in [2.05, 4.69) is 6.92 Å². The summed E-state index contributed by atoms with van der Waals surface area (Å²) in [6.45, 7) is 5.95. The van der Waals surface area contributed by atoms with Gasteiger partial charge in [0.15, 0.2) is 0 Å². The average molecular weight is 265 g/mol. The smallest absolute Gasteiger partial charge is 0.213 e. The van der Waals surface area contributed by atoms with E-state index in [1.165, 1.54) is 0 Å². The summed E-state index contributed by atoms with van der Waals surface area (Å²) >= 11 is 16.4. The molecule has 85 valence electrons. The standard InChI is InChI=1S/C8H14Cl3O3/c1-2-12-3-4-13-5-6-14-7-8(9,10)11/h1-7H2. The number of alkyl halides is 3. The third kappa shape index (κ3) is 12.8. The fraction of sp³-hybridized carbons (Fsp3) is 0.875. The minimum Gasteiger partial charge on any atom is -0.379 e. The lowest BCUT2D eigenvalue weighted by Crippen LogP contribution is -2.16. The Balaban J connectivity index is 2.99. The highest BCUT2D eigenvalue weighted by Crippen LogP contribution is 2.25. The Morgan fingerprint density at radius 3 is 1.86 bits per heavy atom. The van der Waals surface area contributed by atoms with Crippen molar-refractivity contribution in [3.8, 4) is 0 Å². The van der Waals surface area contributed by atoms with Gasteiger partial charge in [-0.1, -0.05) is 34.8 Å². The van der Waals surface area contributed by atoms with Gasteiger partial charge >= 0.3 is 0 Å². The van der Waals surface area contributed by atoms with Gasteiger partial charge in [0.2, 0.25) is 3.79 Å². The van der Waals surface area contributed by atoms with Crippen LogP contribution in [0.1, 0.15) is 0 Å². The van der Waals surface area contributed by atoms with E-state index in [9.17, 15) is 0 Å². The van der Waals surface area contributed by atoms with Crippen LogP contribution in [0.15, 0.2) is 0 Å². The van der Waals surface area contributed by atoms with E-state index in [0.29, 0.717) is 33.0 Å². The molecule has 0 unspecified atom stereocenters. The molecule has 0 fully saturated rings. The van der Waals surface area contributed by atoms with Crippen LogP contribution in [0, 0.1) is 6.92 Å². The summed E-state index contributed by atoms with van der Waals surface area (Å²) in [4.78, 5) is 0. The number of hydrogen-bond donors (Lipinski definition) is 0. The Labute approximate surface area is 99.5 Å². The molecule has 0 heterocycles. The van der Waals surface area contributed by atoms with Crippen LogP contribution < -0.4 is 0 Å². The van der Waals surface area contributed by atoms with Crippen molar-refractivity contribution in [3.63, 3.8) is 0 Å². The predicted molar refractivity (Wildman–Crippen MR) is 58.1 cm³/mol. The summed E-state index contributed by atoms with van der Waals surface area (Å²) in [5.74, 6) is 0. The van der Waals surface area contributed by atoms with Crippen LogP contribution in [0.2, 0.25) is 0 Å². The zero-order valence-corrected chi connectivity index (χ0v) is 10.1. The average Bonchev–Trinajstić information content (AvgIpc) is 2.08. The third-order valence-electron chi connectivity index (χ3n) is 1.15. The molecule has 0 bridgehead atoms. The highest BCUT2D eigenvalue weighted by Gasteiger charge is 2.19. The van der Waals surface area contributed by atoms with Gasteiger partial charge in [0, 0.05) is 6.61 Å². The summed E-state index contributed by atoms with van der Waals surface area (Å²) in [6, 6.07) is 0. The Kier molecular flexibility index (Phi) is 9.49. The van der Waals surface area contributed by atoms with Crippen LogP contribution in [0.4, 0.5) is 0 Å². The largest absolute Gasteiger partial charge is 0.379 e. The lowest BCUT2D eigenvalue weighted by Gasteiger charge is -2.11. The van der Waals surface area contributed by atoms with Gasteiger partial charge in [-0.05, 0) is 6.92 Å². The molecule has 0 saturated heterocycles. The van der Waals surface area contributed by atoms with Crippen LogP contribution >= 0.6 is 34.8 Å². The lowest BCUT2D eigenvalue weighted by molar-refractivity contribution is 0.0203. The molecule has 0 aromatic heterocycles. The third-order valence-corrected chi connectivity index (χ3v) is 1.48. The molecule has 3 nitrogen and oxygen atoms in total. The first-order valence-electron chi connectivity index (χ1n) is 4.15. The molecular formula is C8H14Cl3O3. The summed E-state index contributed by atoms with van der Waals surface area (Å²) in [5, 5.41) is 0. The topological polar surface area (TPSA) is 27.7 Å². The van der Waals surface area contributed by atoms with Crippen LogP contribution in [0.3, 0.4) is 0 Å². The highest BCUT2D eigenvalue weighted by molar-refractivity contribution is 6.67. The second-order valence-electron chi connectivity index (χ2n) is 2.39. The molecule has 0 rings (SSSR count). The van der Waals surface area contributed by atoms with Crippen molar-refractivity contribution < 1.29 is 14.2 Å². The molecule has 0 saturated carbocycles. The molecule has 6 heteroatoms. The van der Waals surface area contributed by atoms with Crippen molar-refractivity contribution in [2.45, 2.75) is 3.79 Å². The van der Waals surface area contributed by atoms with E-state index in [-0.39, 0.29) is 6.61 Å². The number of rotatable bonds is 8. The molecule has 0 N–H and O–H groups in total. The van der Waals surface area contributed by atoms with Crippen LogP contribution in [0.5, 0.6) is 0 Å². The first-order valence-corrected chi connectivity index (χ1v) is 5.29. The van der Waals surface area contributed by atoms with Gasteiger partial charge < -0.3 is 14.2 Å². The Hall–Kier alpha value is 0.750. The van der Waals surface area contributed by atoms with Crippen LogP contribution in [-0.2, 0) is 14.2 Å². The maximum absolute atomic E-state index is 5.45. The first kappa shape index (κ1) is 14.8. The summed E-state index contributed by atoms with van der Waals surface area (Å²) < 4.78 is 13.8. The summed E-state index contributed by atoms with van der Waals surface area (Å²) in [5.41, 5.74) is 0. The maximum Gasteiger partial charge on any atom is 0.213 e. The normalized spacial score (nSPS) is 12.0. The van der Waals surface area contributed by atoms with E-state index in [4.69, 9.17) is 49.0 Å². The first-order chi connectivity index (χ1) is 6.56. The lowest BCUT2D eigenvalue weighted by atomic mass is 10.7. The van der Waals surface area contributed by atoms with E-state index in [1.54, 1.807) is 0 Å². The van der Waals surface area contributed by atoms with Crippen LogP contribution in [0.25, 0.3) is 0 Å². The van der Waals surface area contributed by atoms with E-state index >= 15 is 0 Å². The minimum atomic E-state index is -1.35. The molecule has 0 aliphatic carbocycles. The van der Waals surface area contributed by atoms with Crippen molar-refractivity contribution in [3.05, 3.63) is 6.92 Å². The SMILES string of the molecule is [CH2]COCCOCCOCC(Cl)(Cl)Cl. The van der Waals surface area contributed by atoms with Crippen LogP contribution in [-0.4, -0.2) is 43.4 Å². The molecule has 1 radical (unpaired) electrons. The van der Waals surface area contributed by atoms with Gasteiger partial charge in [0.1, 0.15) is 0 Å². The van der Waals surface area contributed by atoms with Gasteiger partial charge in [0.25, 0.3) is 0 Å². The van der Waals surface area contributed by atoms with Crippen molar-refractivity contribution in [2.75, 3.05) is 39.6 Å². The monoisotopic (exact) mass is 263 g/mol. The molecule has 0 aromatic carbocycles. The molecular weight excluding hydrogens is 250 g/mol. The molecule has 0 aliphatic heterocycles. The molecule has 14 heavy (non-hydrogen) atoms. The van der Waals surface area contributed by atoms with E-state index < -0.39 is 3.79 Å². The molecule has 0 aromatic rings. The highest BCUT2D eigenvalue weighted by atomic mass is 35.6. The zero-order valence-electron chi connectivity index (χ0n) is 7.81. The molecule has 0 amide bonds. The Morgan fingerprint density at radius 2 is 1.36 bits per heavy atom. The van der Waals surface area contributed by atoms with Crippen molar-refractivity contribution in [2.24, 2.45) is 0 Å². The maximum atomic E-state index is 5.45. The summed E-state index contributed by atoms with van der Waals surface area (Å²) in [6.07, 6.45) is 0. The molecule has 0 aliphatic rings. The zero-order chi connectivity index (χ0) is 10.9. The minimum absolute atomic E-state index is 0.0659. The molecule has 0 spiro atoms. The van der Waals surface area contributed by atoms with Gasteiger partial charge in [-0.3, -0.25) is 0 Å². The van der Waals surface area contributed by atoms with Gasteiger partial charge in [0.05, 0.1) is 33.0 Å². The van der Waals surface area contributed by atoms with Crippen molar-refractivity contribution >= 4 is 34.8 Å². The Morgan fingerprint density at radius 1 is 0.857 bits per heavy atom. The summed E-state index contributed by atoms with van der Waals surface area (Å²) in [7, 11) is 0. The van der Waals surface area contributed by atoms with Gasteiger partial charge in [-0.2, -0.15) is 0 Å².